The van der Waals surface area contributed by atoms with Crippen molar-refractivity contribution >= 4 is 46.6 Å². The first-order chi connectivity index (χ1) is 13.7. The highest BCUT2D eigenvalue weighted by Crippen LogP contribution is 2.34. The average molecular weight is 448 g/mol. The van der Waals surface area contributed by atoms with Crippen LogP contribution in [0.4, 0.5) is 30.6 Å². The molecule has 1 aromatic heterocycles. The summed E-state index contributed by atoms with van der Waals surface area (Å²) >= 11 is 12.0. The first kappa shape index (κ1) is 21.4. The van der Waals surface area contributed by atoms with Crippen LogP contribution in [-0.2, 0) is 11.0 Å². The molecule has 1 fully saturated rings. The van der Waals surface area contributed by atoms with Gasteiger partial charge in [-0.25, -0.2) is 4.98 Å². The molecule has 29 heavy (non-hydrogen) atoms. The Morgan fingerprint density at radius 1 is 1.24 bits per heavy atom. The van der Waals surface area contributed by atoms with Crippen molar-refractivity contribution in [1.29, 1.82) is 0 Å². The molecule has 1 aromatic carbocycles. The number of hydrogen-bond acceptors (Lipinski definition) is 5. The number of amides is 1. The number of alkyl halides is 3. The summed E-state index contributed by atoms with van der Waals surface area (Å²) in [6.07, 6.45) is -2.06. The standard InChI is InChI=1S/C18H18Cl2F3N5O/c19-11-4-5-13(20)14(9-11)26-17-25-10-12(18(21,22)23)16(27-17)24-6-2-8-28-7-1-3-15(28)29/h4-5,9-10H,1-3,6-8H2,(H2,24,25,26,27). The Labute approximate surface area is 175 Å². The lowest BCUT2D eigenvalue weighted by Gasteiger charge is -2.17. The number of rotatable bonds is 7. The summed E-state index contributed by atoms with van der Waals surface area (Å²) < 4.78 is 39.9. The molecular weight excluding hydrogens is 430 g/mol. The maximum atomic E-state index is 13.3. The molecule has 2 heterocycles. The second-order valence-corrected chi connectivity index (χ2v) is 7.31. The molecule has 0 spiro atoms. The molecule has 1 amide bonds. The van der Waals surface area contributed by atoms with Gasteiger partial charge in [0.1, 0.15) is 11.4 Å². The minimum atomic E-state index is -4.61. The summed E-state index contributed by atoms with van der Waals surface area (Å²) in [5, 5.41) is 6.20. The van der Waals surface area contributed by atoms with Crippen LogP contribution in [0.15, 0.2) is 24.4 Å². The number of likely N-dealkylation sites (tertiary alicyclic amines) is 1. The predicted molar refractivity (Wildman–Crippen MR) is 106 cm³/mol. The van der Waals surface area contributed by atoms with Crippen LogP contribution in [0.1, 0.15) is 24.8 Å². The smallest absolute Gasteiger partial charge is 0.369 e. The topological polar surface area (TPSA) is 70.2 Å². The van der Waals surface area contributed by atoms with E-state index < -0.39 is 11.7 Å². The molecule has 6 nitrogen and oxygen atoms in total. The van der Waals surface area contributed by atoms with Gasteiger partial charge in [0.2, 0.25) is 11.9 Å². The maximum Gasteiger partial charge on any atom is 0.421 e. The van der Waals surface area contributed by atoms with Gasteiger partial charge in [0, 0.05) is 37.3 Å². The van der Waals surface area contributed by atoms with Gasteiger partial charge in [-0.1, -0.05) is 23.2 Å². The summed E-state index contributed by atoms with van der Waals surface area (Å²) in [6, 6.07) is 4.65. The fourth-order valence-electron chi connectivity index (χ4n) is 2.92. The zero-order valence-corrected chi connectivity index (χ0v) is 16.7. The molecule has 0 bridgehead atoms. The second-order valence-electron chi connectivity index (χ2n) is 6.47. The van der Waals surface area contributed by atoms with Crippen LogP contribution in [0.25, 0.3) is 0 Å². The average Bonchev–Trinajstić information content (AvgIpc) is 3.06. The van der Waals surface area contributed by atoms with Crippen molar-refractivity contribution < 1.29 is 18.0 Å². The second kappa shape index (κ2) is 9.04. The van der Waals surface area contributed by atoms with Gasteiger partial charge in [-0.2, -0.15) is 18.2 Å². The van der Waals surface area contributed by atoms with Gasteiger partial charge in [-0.05, 0) is 31.0 Å². The first-order valence-electron chi connectivity index (χ1n) is 8.92. The number of anilines is 3. The maximum absolute atomic E-state index is 13.3. The molecule has 0 aliphatic carbocycles. The van der Waals surface area contributed by atoms with E-state index in [1.165, 1.54) is 6.07 Å². The van der Waals surface area contributed by atoms with Crippen molar-refractivity contribution in [2.24, 2.45) is 0 Å². The monoisotopic (exact) mass is 447 g/mol. The van der Waals surface area contributed by atoms with Crippen molar-refractivity contribution in [3.8, 4) is 0 Å². The molecule has 0 atom stereocenters. The molecule has 0 radical (unpaired) electrons. The number of halogens is 5. The fourth-order valence-corrected chi connectivity index (χ4v) is 3.25. The number of carbonyl (C=O) groups excluding carboxylic acids is 1. The van der Waals surface area contributed by atoms with Crippen molar-refractivity contribution in [2.45, 2.75) is 25.4 Å². The van der Waals surface area contributed by atoms with E-state index in [4.69, 9.17) is 23.2 Å². The van der Waals surface area contributed by atoms with Crippen molar-refractivity contribution in [1.82, 2.24) is 14.9 Å². The largest absolute Gasteiger partial charge is 0.421 e. The van der Waals surface area contributed by atoms with Gasteiger partial charge in [0.25, 0.3) is 0 Å². The molecule has 156 valence electrons. The van der Waals surface area contributed by atoms with Gasteiger partial charge in [0.15, 0.2) is 0 Å². The molecule has 0 unspecified atom stereocenters. The quantitative estimate of drug-likeness (QED) is 0.586. The third-order valence-corrected chi connectivity index (χ3v) is 4.90. The van der Waals surface area contributed by atoms with Gasteiger partial charge in [-0.15, -0.1) is 0 Å². The van der Waals surface area contributed by atoms with Crippen LogP contribution in [0.5, 0.6) is 0 Å². The molecule has 11 heteroatoms. The van der Waals surface area contributed by atoms with E-state index >= 15 is 0 Å². The Balaban J connectivity index is 1.71. The van der Waals surface area contributed by atoms with E-state index in [2.05, 4.69) is 20.6 Å². The number of nitrogens with one attached hydrogen (secondary N) is 2. The highest BCUT2D eigenvalue weighted by molar-refractivity contribution is 6.35. The molecule has 1 saturated heterocycles. The van der Waals surface area contributed by atoms with Crippen LogP contribution in [-0.4, -0.2) is 40.4 Å². The van der Waals surface area contributed by atoms with Gasteiger partial charge < -0.3 is 15.5 Å². The van der Waals surface area contributed by atoms with Gasteiger partial charge >= 0.3 is 6.18 Å². The van der Waals surface area contributed by atoms with Crippen LogP contribution < -0.4 is 10.6 Å². The predicted octanol–water partition coefficient (Wildman–Crippen LogP) is 4.97. The Hall–Kier alpha value is -2.26. The van der Waals surface area contributed by atoms with E-state index in [-0.39, 0.29) is 24.2 Å². The third-order valence-electron chi connectivity index (χ3n) is 4.34. The lowest BCUT2D eigenvalue weighted by atomic mass is 10.3. The Morgan fingerprint density at radius 3 is 2.72 bits per heavy atom. The minimum Gasteiger partial charge on any atom is -0.369 e. The lowest BCUT2D eigenvalue weighted by Crippen LogP contribution is -2.27. The number of hydrogen-bond donors (Lipinski definition) is 2. The normalized spacial score (nSPS) is 14.4. The summed E-state index contributed by atoms with van der Waals surface area (Å²) in [5.74, 6) is -0.326. The molecule has 1 aliphatic rings. The van der Waals surface area contributed by atoms with Gasteiger partial charge in [0.05, 0.1) is 10.7 Å². The molecule has 1 aliphatic heterocycles. The van der Waals surface area contributed by atoms with E-state index in [0.717, 1.165) is 6.42 Å². The Kier molecular flexibility index (Phi) is 6.69. The van der Waals surface area contributed by atoms with Crippen molar-refractivity contribution in [2.75, 3.05) is 30.3 Å². The summed E-state index contributed by atoms with van der Waals surface area (Å²) in [5.41, 5.74) is -0.602. The molecule has 3 rings (SSSR count). The number of aromatic nitrogens is 2. The SMILES string of the molecule is O=C1CCCN1CCCNc1nc(Nc2cc(Cl)ccc2Cl)ncc1C(F)(F)F. The van der Waals surface area contributed by atoms with E-state index in [9.17, 15) is 18.0 Å². The number of nitrogens with zero attached hydrogens (tertiary/aromatic N) is 3. The molecule has 2 aromatic rings. The molecule has 0 saturated carbocycles. The summed E-state index contributed by atoms with van der Waals surface area (Å²) in [7, 11) is 0. The van der Waals surface area contributed by atoms with Gasteiger partial charge in [-0.3, -0.25) is 4.79 Å². The number of carbonyl (C=O) groups is 1. The van der Waals surface area contributed by atoms with Crippen molar-refractivity contribution in [3.05, 3.63) is 40.0 Å². The molecule has 2 N–H and O–H groups in total. The Bertz CT molecular complexity index is 894. The van der Waals surface area contributed by atoms with Crippen molar-refractivity contribution in [3.63, 3.8) is 0 Å². The first-order valence-corrected chi connectivity index (χ1v) is 9.67. The summed E-state index contributed by atoms with van der Waals surface area (Å²) in [6.45, 7) is 1.40. The summed E-state index contributed by atoms with van der Waals surface area (Å²) in [4.78, 5) is 21.0. The van der Waals surface area contributed by atoms with Crippen LogP contribution >= 0.6 is 23.2 Å². The zero-order chi connectivity index (χ0) is 21.0. The van der Waals surface area contributed by atoms with Crippen LogP contribution in [0.2, 0.25) is 10.0 Å². The van der Waals surface area contributed by atoms with E-state index in [1.807, 2.05) is 0 Å². The molecular formula is C18H18Cl2F3N5O. The third kappa shape index (κ3) is 5.63. The van der Waals surface area contributed by atoms with Crippen LogP contribution in [0.3, 0.4) is 0 Å². The van der Waals surface area contributed by atoms with Crippen LogP contribution in [0, 0.1) is 0 Å². The highest BCUT2D eigenvalue weighted by atomic mass is 35.5. The minimum absolute atomic E-state index is 0.0561. The highest BCUT2D eigenvalue weighted by Gasteiger charge is 2.35. The number of benzene rings is 1. The van der Waals surface area contributed by atoms with E-state index in [1.54, 1.807) is 17.0 Å². The lowest BCUT2D eigenvalue weighted by molar-refractivity contribution is -0.137. The Morgan fingerprint density at radius 2 is 2.03 bits per heavy atom. The fraction of sp³-hybridized carbons (Fsp3) is 0.389. The zero-order valence-electron chi connectivity index (χ0n) is 15.2. The van der Waals surface area contributed by atoms with E-state index in [0.29, 0.717) is 47.9 Å².